The molecule has 1 aromatic carbocycles. The molecule has 1 aromatic heterocycles. The molecule has 0 saturated carbocycles. The van der Waals surface area contributed by atoms with Gasteiger partial charge >= 0.3 is 0 Å². The first-order valence-corrected chi connectivity index (χ1v) is 5.99. The van der Waals surface area contributed by atoms with Crippen molar-refractivity contribution in [2.45, 2.75) is 13.5 Å². The highest BCUT2D eigenvalue weighted by Gasteiger charge is 2.01. The number of anilines is 1. The molecule has 0 aliphatic rings. The molecule has 0 amide bonds. The number of hydrogen-bond donors (Lipinski definition) is 1. The number of thiophene rings is 1. The van der Waals surface area contributed by atoms with Crippen LogP contribution in [0.4, 0.5) is 10.1 Å². The van der Waals surface area contributed by atoms with E-state index in [1.54, 1.807) is 17.4 Å². The number of rotatable bonds is 3. The van der Waals surface area contributed by atoms with E-state index >= 15 is 0 Å². The van der Waals surface area contributed by atoms with E-state index in [0.717, 1.165) is 0 Å². The lowest BCUT2D eigenvalue weighted by molar-refractivity contribution is 0.627. The van der Waals surface area contributed by atoms with Crippen molar-refractivity contribution in [3.8, 4) is 6.07 Å². The number of hydrogen-bond acceptors (Lipinski definition) is 3. The Labute approximate surface area is 103 Å². The van der Waals surface area contributed by atoms with Gasteiger partial charge in [-0.3, -0.25) is 0 Å². The normalized spacial score (nSPS) is 9.94. The van der Waals surface area contributed by atoms with Gasteiger partial charge in [-0.05, 0) is 37.3 Å². The summed E-state index contributed by atoms with van der Waals surface area (Å²) >= 11 is 1.70. The summed E-state index contributed by atoms with van der Waals surface area (Å²) in [4.78, 5) is 2.43. The van der Waals surface area contributed by atoms with Crippen LogP contribution in [-0.4, -0.2) is 0 Å². The number of aryl methyl sites for hydroxylation is 1. The quantitative estimate of drug-likeness (QED) is 0.896. The molecule has 2 aromatic rings. The molecular formula is C13H11FN2S. The monoisotopic (exact) mass is 246 g/mol. The molecule has 17 heavy (non-hydrogen) atoms. The predicted molar refractivity (Wildman–Crippen MR) is 67.5 cm³/mol. The van der Waals surface area contributed by atoms with Crippen LogP contribution < -0.4 is 5.32 Å². The second-order valence-corrected chi connectivity index (χ2v) is 5.08. The van der Waals surface area contributed by atoms with E-state index in [4.69, 9.17) is 5.26 Å². The molecule has 0 radical (unpaired) electrons. The fraction of sp³-hybridized carbons (Fsp3) is 0.154. The van der Waals surface area contributed by atoms with E-state index in [1.165, 1.54) is 21.9 Å². The first-order valence-electron chi connectivity index (χ1n) is 5.17. The van der Waals surface area contributed by atoms with E-state index < -0.39 is 5.82 Å². The van der Waals surface area contributed by atoms with Crippen LogP contribution in [-0.2, 0) is 6.54 Å². The molecule has 86 valence electrons. The summed E-state index contributed by atoms with van der Waals surface area (Å²) in [6.45, 7) is 2.69. The smallest absolute Gasteiger partial charge is 0.126 e. The van der Waals surface area contributed by atoms with Crippen molar-refractivity contribution in [3.05, 3.63) is 51.5 Å². The van der Waals surface area contributed by atoms with Gasteiger partial charge in [0.15, 0.2) is 0 Å². The van der Waals surface area contributed by atoms with Crippen LogP contribution in [0.2, 0.25) is 0 Å². The number of benzene rings is 1. The zero-order chi connectivity index (χ0) is 12.3. The summed E-state index contributed by atoms with van der Waals surface area (Å²) < 4.78 is 13.2. The molecule has 2 nitrogen and oxygen atoms in total. The zero-order valence-corrected chi connectivity index (χ0v) is 10.1. The maximum atomic E-state index is 13.2. The van der Waals surface area contributed by atoms with Crippen LogP contribution in [0.5, 0.6) is 0 Å². The molecule has 0 aliphatic heterocycles. The van der Waals surface area contributed by atoms with Gasteiger partial charge in [-0.25, -0.2) is 4.39 Å². The molecule has 0 bridgehead atoms. The lowest BCUT2D eigenvalue weighted by Gasteiger charge is -2.05. The summed E-state index contributed by atoms with van der Waals surface area (Å²) in [5.74, 6) is -0.395. The van der Waals surface area contributed by atoms with Crippen LogP contribution in [0.3, 0.4) is 0 Å². The summed E-state index contributed by atoms with van der Waals surface area (Å²) in [5, 5.41) is 11.8. The molecule has 0 fully saturated rings. The van der Waals surface area contributed by atoms with E-state index in [0.29, 0.717) is 17.8 Å². The second-order valence-electron chi connectivity index (χ2n) is 3.71. The summed E-state index contributed by atoms with van der Waals surface area (Å²) in [6.07, 6.45) is 0. The summed E-state index contributed by atoms with van der Waals surface area (Å²) in [7, 11) is 0. The van der Waals surface area contributed by atoms with Crippen molar-refractivity contribution < 1.29 is 4.39 Å². The fourth-order valence-electron chi connectivity index (χ4n) is 1.53. The highest BCUT2D eigenvalue weighted by molar-refractivity contribution is 7.11. The van der Waals surface area contributed by atoms with Crippen LogP contribution in [0.15, 0.2) is 30.3 Å². The lowest BCUT2D eigenvalue weighted by Crippen LogP contribution is -1.98. The van der Waals surface area contributed by atoms with Crippen molar-refractivity contribution in [3.63, 3.8) is 0 Å². The Morgan fingerprint density at radius 2 is 2.18 bits per heavy atom. The van der Waals surface area contributed by atoms with Crippen LogP contribution in [0.1, 0.15) is 15.3 Å². The molecule has 0 aliphatic carbocycles. The minimum atomic E-state index is -0.395. The molecule has 1 N–H and O–H groups in total. The van der Waals surface area contributed by atoms with E-state index in [9.17, 15) is 4.39 Å². The minimum absolute atomic E-state index is 0.329. The summed E-state index contributed by atoms with van der Waals surface area (Å²) in [6, 6.07) is 10.3. The SMILES string of the molecule is Cc1ccc(CNc2cc(F)cc(C#N)c2)s1. The van der Waals surface area contributed by atoms with Crippen LogP contribution in [0.25, 0.3) is 0 Å². The van der Waals surface area contributed by atoms with E-state index in [1.807, 2.05) is 25.1 Å². The van der Waals surface area contributed by atoms with Gasteiger partial charge in [0, 0.05) is 22.0 Å². The van der Waals surface area contributed by atoms with Gasteiger partial charge in [0.1, 0.15) is 5.82 Å². The Morgan fingerprint density at radius 1 is 1.35 bits per heavy atom. The van der Waals surface area contributed by atoms with Crippen molar-refractivity contribution in [2.75, 3.05) is 5.32 Å². The van der Waals surface area contributed by atoms with Gasteiger partial charge in [-0.2, -0.15) is 5.26 Å². The van der Waals surface area contributed by atoms with E-state index in [-0.39, 0.29) is 0 Å². The topological polar surface area (TPSA) is 35.8 Å². The third-order valence-electron chi connectivity index (χ3n) is 2.29. The number of nitrogens with zero attached hydrogens (tertiary/aromatic N) is 1. The summed E-state index contributed by atoms with van der Waals surface area (Å²) in [5.41, 5.74) is 0.961. The second kappa shape index (κ2) is 4.98. The fourth-order valence-corrected chi connectivity index (χ4v) is 2.36. The third-order valence-corrected chi connectivity index (χ3v) is 3.29. The standard InChI is InChI=1S/C13H11FN2S/c1-9-2-3-13(17-9)8-16-12-5-10(7-15)4-11(14)6-12/h2-6,16H,8H2,1H3. The number of nitrogens with one attached hydrogen (secondary N) is 1. The Kier molecular flexibility index (Phi) is 3.40. The largest absolute Gasteiger partial charge is 0.380 e. The average Bonchev–Trinajstić information content (AvgIpc) is 2.72. The maximum absolute atomic E-state index is 13.2. The van der Waals surface area contributed by atoms with Crippen LogP contribution >= 0.6 is 11.3 Å². The minimum Gasteiger partial charge on any atom is -0.380 e. The van der Waals surface area contributed by atoms with Crippen molar-refractivity contribution in [2.24, 2.45) is 0 Å². The Balaban J connectivity index is 2.09. The Hall–Kier alpha value is -1.86. The van der Waals surface area contributed by atoms with Gasteiger partial charge in [0.2, 0.25) is 0 Å². The van der Waals surface area contributed by atoms with Crippen molar-refractivity contribution in [1.82, 2.24) is 0 Å². The van der Waals surface area contributed by atoms with Gasteiger partial charge < -0.3 is 5.32 Å². The highest BCUT2D eigenvalue weighted by atomic mass is 32.1. The Bertz CT molecular complexity index is 569. The molecule has 0 spiro atoms. The lowest BCUT2D eigenvalue weighted by atomic mass is 10.2. The average molecular weight is 246 g/mol. The predicted octanol–water partition coefficient (Wildman–Crippen LogP) is 3.68. The molecule has 0 unspecified atom stereocenters. The molecule has 1 heterocycles. The van der Waals surface area contributed by atoms with Crippen molar-refractivity contribution in [1.29, 1.82) is 5.26 Å². The van der Waals surface area contributed by atoms with E-state index in [2.05, 4.69) is 5.32 Å². The first-order chi connectivity index (χ1) is 8.17. The molecule has 0 atom stereocenters. The van der Waals surface area contributed by atoms with Gasteiger partial charge in [0.05, 0.1) is 11.6 Å². The Morgan fingerprint density at radius 3 is 2.82 bits per heavy atom. The van der Waals surface area contributed by atoms with Gasteiger partial charge in [-0.1, -0.05) is 0 Å². The zero-order valence-electron chi connectivity index (χ0n) is 9.33. The number of halogens is 1. The molecule has 2 rings (SSSR count). The third kappa shape index (κ3) is 3.05. The molecular weight excluding hydrogens is 235 g/mol. The highest BCUT2D eigenvalue weighted by Crippen LogP contribution is 2.18. The first kappa shape index (κ1) is 11.6. The van der Waals surface area contributed by atoms with Crippen molar-refractivity contribution >= 4 is 17.0 Å². The number of nitriles is 1. The molecule has 0 saturated heterocycles. The molecule has 4 heteroatoms. The van der Waals surface area contributed by atoms with Gasteiger partial charge in [0.25, 0.3) is 0 Å². The van der Waals surface area contributed by atoms with Crippen LogP contribution in [0, 0.1) is 24.1 Å². The maximum Gasteiger partial charge on any atom is 0.126 e. The van der Waals surface area contributed by atoms with Gasteiger partial charge in [-0.15, -0.1) is 11.3 Å².